The first-order valence-corrected chi connectivity index (χ1v) is 7.04. The van der Waals surface area contributed by atoms with Gasteiger partial charge in [-0.3, -0.25) is 4.68 Å². The van der Waals surface area contributed by atoms with Gasteiger partial charge in [0, 0.05) is 30.8 Å². The van der Waals surface area contributed by atoms with Crippen molar-refractivity contribution in [2.75, 3.05) is 0 Å². The van der Waals surface area contributed by atoms with E-state index in [1.807, 2.05) is 36.2 Å². The predicted octanol–water partition coefficient (Wildman–Crippen LogP) is 2.57. The third kappa shape index (κ3) is 1.92. The van der Waals surface area contributed by atoms with Crippen molar-refractivity contribution in [3.63, 3.8) is 0 Å². The average Bonchev–Trinajstić information content (AvgIpc) is 2.97. The van der Waals surface area contributed by atoms with Gasteiger partial charge >= 0.3 is 6.09 Å². The summed E-state index contributed by atoms with van der Waals surface area (Å²) in [6.45, 7) is 2.36. The maximum atomic E-state index is 11.3. The smallest absolute Gasteiger partial charge is 0.407 e. The number of nitrogens with zero attached hydrogens (tertiary/aromatic N) is 3. The minimum atomic E-state index is -0.862. The Bertz CT molecular complexity index is 618. The maximum Gasteiger partial charge on any atom is 0.407 e. The normalized spacial score (nSPS) is 18.4. The molecule has 0 spiro atoms. The van der Waals surface area contributed by atoms with E-state index in [2.05, 4.69) is 5.10 Å². The van der Waals surface area contributed by atoms with Crippen molar-refractivity contribution >= 4 is 17.4 Å². The molecule has 1 aliphatic heterocycles. The molecule has 0 saturated carbocycles. The molecule has 1 atom stereocenters. The number of fused-ring (bicyclic) bond motifs is 1. The number of aromatic nitrogens is 2. The van der Waals surface area contributed by atoms with E-state index in [0.29, 0.717) is 6.54 Å². The topological polar surface area (TPSA) is 58.4 Å². The van der Waals surface area contributed by atoms with Crippen molar-refractivity contribution in [3.05, 3.63) is 28.8 Å². The van der Waals surface area contributed by atoms with Crippen molar-refractivity contribution in [1.29, 1.82) is 0 Å². The van der Waals surface area contributed by atoms with Crippen LogP contribution in [0.3, 0.4) is 0 Å². The quantitative estimate of drug-likeness (QED) is 0.871. The summed E-state index contributed by atoms with van der Waals surface area (Å²) in [5.41, 5.74) is 3.12. The number of amides is 1. The fourth-order valence-electron chi connectivity index (χ4n) is 2.61. The van der Waals surface area contributed by atoms with Crippen LogP contribution < -0.4 is 0 Å². The molecule has 3 rings (SSSR count). The summed E-state index contributed by atoms with van der Waals surface area (Å²) in [6.07, 6.45) is -0.143. The van der Waals surface area contributed by atoms with Crippen LogP contribution in [0.4, 0.5) is 4.79 Å². The first-order chi connectivity index (χ1) is 9.08. The van der Waals surface area contributed by atoms with Crippen LogP contribution in [0.25, 0.3) is 10.6 Å². The van der Waals surface area contributed by atoms with Crippen LogP contribution >= 0.6 is 11.3 Å². The van der Waals surface area contributed by atoms with Crippen LogP contribution in [0.15, 0.2) is 17.5 Å². The van der Waals surface area contributed by atoms with Crippen LogP contribution in [-0.4, -0.2) is 31.9 Å². The number of thiophene rings is 1. The van der Waals surface area contributed by atoms with Gasteiger partial charge in [-0.05, 0) is 18.4 Å². The van der Waals surface area contributed by atoms with Gasteiger partial charge in [0.05, 0.1) is 11.4 Å². The second-order valence-corrected chi connectivity index (χ2v) is 5.79. The molecule has 0 fully saturated rings. The van der Waals surface area contributed by atoms with Gasteiger partial charge in [-0.1, -0.05) is 6.07 Å². The number of carboxylic acid groups (broad SMARTS) is 1. The molecule has 0 bridgehead atoms. The molecule has 5 nitrogen and oxygen atoms in total. The molecule has 0 saturated heterocycles. The standard InChI is InChI=1S/C13H15N3O2S/c1-8-6-10-9(7-16(8)13(17)18)12(14-15(10)2)11-4-3-5-19-11/h3-5,8H,6-7H2,1-2H3,(H,17,18)/t8-/m0/s1. The van der Waals surface area contributed by atoms with Gasteiger partial charge in [0.15, 0.2) is 0 Å². The molecule has 0 aliphatic carbocycles. The lowest BCUT2D eigenvalue weighted by atomic mass is 9.99. The van der Waals surface area contributed by atoms with Gasteiger partial charge < -0.3 is 10.0 Å². The molecule has 2 aromatic rings. The van der Waals surface area contributed by atoms with Gasteiger partial charge in [0.25, 0.3) is 0 Å². The number of rotatable bonds is 1. The van der Waals surface area contributed by atoms with E-state index in [-0.39, 0.29) is 6.04 Å². The average molecular weight is 277 g/mol. The fraction of sp³-hybridized carbons (Fsp3) is 0.385. The van der Waals surface area contributed by atoms with Crippen LogP contribution in [0, 0.1) is 0 Å². The summed E-state index contributed by atoms with van der Waals surface area (Å²) in [6, 6.07) is 4.01. The monoisotopic (exact) mass is 277 g/mol. The highest BCUT2D eigenvalue weighted by molar-refractivity contribution is 7.13. The molecule has 3 heterocycles. The largest absolute Gasteiger partial charge is 0.465 e. The van der Waals surface area contributed by atoms with Crippen LogP contribution in [-0.2, 0) is 20.0 Å². The molecule has 0 unspecified atom stereocenters. The van der Waals surface area contributed by atoms with E-state index in [0.717, 1.165) is 28.2 Å². The number of aryl methyl sites for hydroxylation is 1. The van der Waals surface area contributed by atoms with Gasteiger partial charge in [-0.25, -0.2) is 4.79 Å². The van der Waals surface area contributed by atoms with E-state index in [1.54, 1.807) is 11.3 Å². The summed E-state index contributed by atoms with van der Waals surface area (Å²) < 4.78 is 1.89. The van der Waals surface area contributed by atoms with E-state index >= 15 is 0 Å². The van der Waals surface area contributed by atoms with Gasteiger partial charge in [0.2, 0.25) is 0 Å². The summed E-state index contributed by atoms with van der Waals surface area (Å²) in [5.74, 6) is 0. The minimum Gasteiger partial charge on any atom is -0.465 e. The molecule has 1 aliphatic rings. The van der Waals surface area contributed by atoms with Gasteiger partial charge in [-0.15, -0.1) is 11.3 Å². The van der Waals surface area contributed by atoms with Crippen molar-refractivity contribution in [3.8, 4) is 10.6 Å². The summed E-state index contributed by atoms with van der Waals surface area (Å²) in [7, 11) is 1.93. The number of hydrogen-bond donors (Lipinski definition) is 1. The second kappa shape index (κ2) is 4.38. The Morgan fingerprint density at radius 2 is 2.37 bits per heavy atom. The zero-order valence-corrected chi connectivity index (χ0v) is 11.6. The van der Waals surface area contributed by atoms with Crippen molar-refractivity contribution in [2.45, 2.75) is 25.9 Å². The van der Waals surface area contributed by atoms with E-state index < -0.39 is 6.09 Å². The second-order valence-electron chi connectivity index (χ2n) is 4.84. The minimum absolute atomic E-state index is 0.00316. The van der Waals surface area contributed by atoms with E-state index in [9.17, 15) is 9.90 Å². The summed E-state index contributed by atoms with van der Waals surface area (Å²) >= 11 is 1.63. The molecular weight excluding hydrogens is 262 g/mol. The molecule has 0 aromatic carbocycles. The first-order valence-electron chi connectivity index (χ1n) is 6.16. The summed E-state index contributed by atoms with van der Waals surface area (Å²) in [5, 5.41) is 15.8. The van der Waals surface area contributed by atoms with E-state index in [4.69, 9.17) is 0 Å². The third-order valence-electron chi connectivity index (χ3n) is 3.62. The highest BCUT2D eigenvalue weighted by Crippen LogP contribution is 2.33. The molecule has 1 amide bonds. The first kappa shape index (κ1) is 12.2. The predicted molar refractivity (Wildman–Crippen MR) is 73.3 cm³/mol. The lowest BCUT2D eigenvalue weighted by molar-refractivity contribution is 0.119. The Hall–Kier alpha value is -1.82. The van der Waals surface area contributed by atoms with Crippen LogP contribution in [0.2, 0.25) is 0 Å². The SMILES string of the molecule is C[C@H]1Cc2c(c(-c3cccs3)nn2C)CN1C(=O)O. The highest BCUT2D eigenvalue weighted by Gasteiger charge is 2.31. The zero-order chi connectivity index (χ0) is 13.6. The molecule has 2 aromatic heterocycles. The van der Waals surface area contributed by atoms with Crippen LogP contribution in [0.5, 0.6) is 0 Å². The van der Waals surface area contributed by atoms with Gasteiger partial charge in [-0.2, -0.15) is 5.10 Å². The lowest BCUT2D eigenvalue weighted by Crippen LogP contribution is -2.42. The molecular formula is C13H15N3O2S. The maximum absolute atomic E-state index is 11.3. The van der Waals surface area contributed by atoms with Crippen molar-refractivity contribution < 1.29 is 9.90 Å². The fourth-order valence-corrected chi connectivity index (χ4v) is 3.34. The molecule has 19 heavy (non-hydrogen) atoms. The number of hydrogen-bond acceptors (Lipinski definition) is 3. The van der Waals surface area contributed by atoms with E-state index in [1.165, 1.54) is 4.90 Å². The molecule has 0 radical (unpaired) electrons. The Morgan fingerprint density at radius 1 is 1.58 bits per heavy atom. The van der Waals surface area contributed by atoms with Crippen molar-refractivity contribution in [1.82, 2.24) is 14.7 Å². The number of carbonyl (C=O) groups is 1. The van der Waals surface area contributed by atoms with Crippen molar-refractivity contribution in [2.24, 2.45) is 7.05 Å². The molecule has 6 heteroatoms. The molecule has 1 N–H and O–H groups in total. The zero-order valence-electron chi connectivity index (χ0n) is 10.8. The Balaban J connectivity index is 2.08. The Morgan fingerprint density at radius 3 is 3.00 bits per heavy atom. The Kier molecular flexibility index (Phi) is 2.82. The third-order valence-corrected chi connectivity index (χ3v) is 4.50. The molecule has 100 valence electrons. The Labute approximate surface area is 115 Å². The van der Waals surface area contributed by atoms with Crippen LogP contribution in [0.1, 0.15) is 18.2 Å². The highest BCUT2D eigenvalue weighted by atomic mass is 32.1. The lowest BCUT2D eigenvalue weighted by Gasteiger charge is -2.31. The summed E-state index contributed by atoms with van der Waals surface area (Å²) in [4.78, 5) is 13.9. The van der Waals surface area contributed by atoms with Gasteiger partial charge in [0.1, 0.15) is 5.69 Å².